The lowest BCUT2D eigenvalue weighted by atomic mass is 10.1. The molecule has 1 saturated heterocycles. The van der Waals surface area contributed by atoms with Gasteiger partial charge in [0.2, 0.25) is 0 Å². The average molecular weight is 269 g/mol. The monoisotopic (exact) mass is 269 g/mol. The molecule has 100 valence electrons. The number of rotatable bonds is 3. The van der Waals surface area contributed by atoms with Crippen LogP contribution in [0, 0.1) is 0 Å². The maximum Gasteiger partial charge on any atom is 0.268 e. The zero-order valence-corrected chi connectivity index (χ0v) is 11.4. The van der Waals surface area contributed by atoms with Crippen LogP contribution < -0.4 is 4.74 Å². The summed E-state index contributed by atoms with van der Waals surface area (Å²) in [4.78, 5) is 15.0. The molecule has 0 radical (unpaired) electrons. The summed E-state index contributed by atoms with van der Waals surface area (Å²) in [6.07, 6.45) is 4.10. The van der Waals surface area contributed by atoms with Crippen LogP contribution in [-0.4, -0.2) is 42.2 Å². The maximum atomic E-state index is 12.5. The largest absolute Gasteiger partial charge is 0.495 e. The van der Waals surface area contributed by atoms with Crippen molar-refractivity contribution in [1.82, 2.24) is 4.90 Å². The van der Waals surface area contributed by atoms with E-state index < -0.39 is 0 Å². The molecule has 0 aliphatic carbocycles. The van der Waals surface area contributed by atoms with Crippen LogP contribution in [0.5, 0.6) is 5.75 Å². The quantitative estimate of drug-likeness (QED) is 0.914. The fraction of sp³-hybridized carbons (Fsp3) is 0.615. The van der Waals surface area contributed by atoms with Gasteiger partial charge in [-0.3, -0.25) is 4.79 Å². The summed E-state index contributed by atoms with van der Waals surface area (Å²) in [6, 6.07) is 1.76. The number of carbonyl (C=O) groups excluding carboxylic acids is 1. The van der Waals surface area contributed by atoms with E-state index >= 15 is 0 Å². The van der Waals surface area contributed by atoms with Gasteiger partial charge in [-0.1, -0.05) is 12.8 Å². The first kappa shape index (κ1) is 13.4. The zero-order chi connectivity index (χ0) is 13.0. The number of likely N-dealkylation sites (tertiary alicyclic amines) is 1. The number of aliphatic hydroxyl groups is 1. The highest BCUT2D eigenvalue weighted by atomic mass is 32.1. The van der Waals surface area contributed by atoms with Crippen molar-refractivity contribution in [3.63, 3.8) is 0 Å². The first-order valence-corrected chi connectivity index (χ1v) is 7.19. The molecule has 0 aromatic carbocycles. The summed E-state index contributed by atoms with van der Waals surface area (Å²) >= 11 is 1.40. The van der Waals surface area contributed by atoms with Crippen LogP contribution >= 0.6 is 11.3 Å². The highest BCUT2D eigenvalue weighted by Crippen LogP contribution is 2.28. The smallest absolute Gasteiger partial charge is 0.268 e. The number of amides is 1. The third kappa shape index (κ3) is 2.67. The minimum absolute atomic E-state index is 0.0113. The summed E-state index contributed by atoms with van der Waals surface area (Å²) in [5, 5.41) is 11.3. The molecule has 1 unspecified atom stereocenters. The van der Waals surface area contributed by atoms with Crippen LogP contribution in [0.15, 0.2) is 11.4 Å². The number of carbonyl (C=O) groups is 1. The number of thiophene rings is 1. The van der Waals surface area contributed by atoms with Gasteiger partial charge in [0.05, 0.1) is 19.8 Å². The van der Waals surface area contributed by atoms with E-state index in [-0.39, 0.29) is 18.6 Å². The summed E-state index contributed by atoms with van der Waals surface area (Å²) in [5.41, 5.74) is 0. The standard InChI is InChI=1S/C13H19NO3S/c1-17-11-6-8-18-12(11)13(16)14-7-4-2-3-5-10(14)9-15/h6,8,10,15H,2-5,7,9H2,1H3. The Morgan fingerprint density at radius 2 is 2.39 bits per heavy atom. The van der Waals surface area contributed by atoms with Gasteiger partial charge in [-0.2, -0.15) is 0 Å². The first-order chi connectivity index (χ1) is 8.77. The van der Waals surface area contributed by atoms with Gasteiger partial charge in [-0.25, -0.2) is 0 Å². The molecule has 1 amide bonds. The van der Waals surface area contributed by atoms with Gasteiger partial charge in [0.15, 0.2) is 0 Å². The van der Waals surface area contributed by atoms with Crippen LogP contribution in [0.1, 0.15) is 35.4 Å². The SMILES string of the molecule is COc1ccsc1C(=O)N1CCCCCC1CO. The first-order valence-electron chi connectivity index (χ1n) is 6.31. The molecule has 1 aromatic heterocycles. The molecule has 5 heteroatoms. The van der Waals surface area contributed by atoms with Gasteiger partial charge >= 0.3 is 0 Å². The van der Waals surface area contributed by atoms with E-state index in [2.05, 4.69) is 0 Å². The Balaban J connectivity index is 2.20. The molecule has 2 rings (SSSR count). The van der Waals surface area contributed by atoms with Crippen LogP contribution in [-0.2, 0) is 0 Å². The van der Waals surface area contributed by atoms with E-state index in [9.17, 15) is 9.90 Å². The molecule has 1 fully saturated rings. The Morgan fingerprint density at radius 3 is 3.11 bits per heavy atom. The van der Waals surface area contributed by atoms with Gasteiger partial charge in [-0.05, 0) is 24.3 Å². The number of hydrogen-bond donors (Lipinski definition) is 1. The molecule has 0 spiro atoms. The Morgan fingerprint density at radius 1 is 1.56 bits per heavy atom. The number of aliphatic hydroxyl groups excluding tert-OH is 1. The molecule has 1 aromatic rings. The number of ether oxygens (including phenoxy) is 1. The predicted octanol–water partition coefficient (Wildman–Crippen LogP) is 2.13. The van der Waals surface area contributed by atoms with E-state index in [4.69, 9.17) is 4.74 Å². The Labute approximate surface area is 111 Å². The third-order valence-corrected chi connectivity index (χ3v) is 4.28. The topological polar surface area (TPSA) is 49.8 Å². The fourth-order valence-corrected chi connectivity index (χ4v) is 3.19. The maximum absolute atomic E-state index is 12.5. The van der Waals surface area contributed by atoms with Crippen LogP contribution in [0.4, 0.5) is 0 Å². The van der Waals surface area contributed by atoms with Crippen molar-refractivity contribution in [1.29, 1.82) is 0 Å². The van der Waals surface area contributed by atoms with Crippen molar-refractivity contribution in [2.45, 2.75) is 31.7 Å². The lowest BCUT2D eigenvalue weighted by Gasteiger charge is -2.28. The van der Waals surface area contributed by atoms with Gasteiger partial charge in [0, 0.05) is 6.54 Å². The van der Waals surface area contributed by atoms with E-state index in [1.54, 1.807) is 12.0 Å². The number of nitrogens with zero attached hydrogens (tertiary/aromatic N) is 1. The van der Waals surface area contributed by atoms with Crippen molar-refractivity contribution in [2.24, 2.45) is 0 Å². The molecule has 0 saturated carbocycles. The van der Waals surface area contributed by atoms with Crippen LogP contribution in [0.2, 0.25) is 0 Å². The van der Waals surface area contributed by atoms with Crippen molar-refractivity contribution >= 4 is 17.2 Å². The molecule has 2 heterocycles. The predicted molar refractivity (Wildman–Crippen MR) is 71.2 cm³/mol. The van der Waals surface area contributed by atoms with Crippen LogP contribution in [0.25, 0.3) is 0 Å². The van der Waals surface area contributed by atoms with Crippen molar-refractivity contribution in [2.75, 3.05) is 20.3 Å². The van der Waals surface area contributed by atoms with Gasteiger partial charge < -0.3 is 14.7 Å². The zero-order valence-electron chi connectivity index (χ0n) is 10.6. The van der Waals surface area contributed by atoms with E-state index in [1.165, 1.54) is 11.3 Å². The minimum atomic E-state index is -0.0493. The van der Waals surface area contributed by atoms with Crippen LogP contribution in [0.3, 0.4) is 0 Å². The van der Waals surface area contributed by atoms with Crippen molar-refractivity contribution in [3.05, 3.63) is 16.3 Å². The molecule has 4 nitrogen and oxygen atoms in total. The third-order valence-electron chi connectivity index (χ3n) is 3.39. The second kappa shape index (κ2) is 6.20. The number of methoxy groups -OCH3 is 1. The summed E-state index contributed by atoms with van der Waals surface area (Å²) in [7, 11) is 1.57. The van der Waals surface area contributed by atoms with Gasteiger partial charge in [0.1, 0.15) is 10.6 Å². The Bertz CT molecular complexity index is 405. The van der Waals surface area contributed by atoms with Gasteiger partial charge in [-0.15, -0.1) is 11.3 Å². The fourth-order valence-electron chi connectivity index (χ4n) is 2.38. The molecule has 18 heavy (non-hydrogen) atoms. The second-order valence-electron chi connectivity index (χ2n) is 4.50. The van der Waals surface area contributed by atoms with Gasteiger partial charge in [0.25, 0.3) is 5.91 Å². The second-order valence-corrected chi connectivity index (χ2v) is 5.42. The Kier molecular flexibility index (Phi) is 4.60. The molecule has 1 atom stereocenters. The molecular weight excluding hydrogens is 250 g/mol. The molecule has 0 bridgehead atoms. The van der Waals surface area contributed by atoms with Crippen molar-refractivity contribution in [3.8, 4) is 5.75 Å². The minimum Gasteiger partial charge on any atom is -0.495 e. The number of hydrogen-bond acceptors (Lipinski definition) is 4. The van der Waals surface area contributed by atoms with E-state index in [1.807, 2.05) is 11.4 Å². The summed E-state index contributed by atoms with van der Waals surface area (Å²) in [6.45, 7) is 0.768. The highest BCUT2D eigenvalue weighted by Gasteiger charge is 2.28. The summed E-state index contributed by atoms with van der Waals surface area (Å²) < 4.78 is 5.20. The van der Waals surface area contributed by atoms with E-state index in [0.717, 1.165) is 32.2 Å². The average Bonchev–Trinajstić information content (AvgIpc) is 2.74. The van der Waals surface area contributed by atoms with E-state index in [0.29, 0.717) is 10.6 Å². The molecule has 1 aliphatic rings. The molecule has 1 aliphatic heterocycles. The lowest BCUT2D eigenvalue weighted by molar-refractivity contribution is 0.0602. The Hall–Kier alpha value is -1.07. The summed E-state index contributed by atoms with van der Waals surface area (Å²) in [5.74, 6) is 0.619. The molecule has 1 N–H and O–H groups in total. The molecular formula is C13H19NO3S. The normalized spacial score (nSPS) is 20.6. The highest BCUT2D eigenvalue weighted by molar-refractivity contribution is 7.12. The lowest BCUT2D eigenvalue weighted by Crippen LogP contribution is -2.41. The van der Waals surface area contributed by atoms with Crippen molar-refractivity contribution < 1.29 is 14.6 Å².